The molecule has 0 heterocycles. The average molecular weight is 327 g/mol. The predicted molar refractivity (Wildman–Crippen MR) is 74.0 cm³/mol. The molecular weight excluding hydrogens is 314 g/mol. The molecule has 1 N–H and O–H groups in total. The maximum absolute atomic E-state index is 13.9. The molecule has 0 aliphatic carbocycles. The molecule has 0 spiro atoms. The van der Waals surface area contributed by atoms with Gasteiger partial charge in [0.15, 0.2) is 0 Å². The zero-order valence-corrected chi connectivity index (χ0v) is 12.1. The van der Waals surface area contributed by atoms with E-state index in [-0.39, 0.29) is 11.1 Å². The molecule has 0 aliphatic rings. The molecule has 19 heavy (non-hydrogen) atoms. The van der Waals surface area contributed by atoms with Gasteiger partial charge in [0.25, 0.3) is 0 Å². The molecule has 0 radical (unpaired) electrons. The summed E-state index contributed by atoms with van der Waals surface area (Å²) in [5.41, 5.74) is 1.61. The van der Waals surface area contributed by atoms with Gasteiger partial charge in [0.1, 0.15) is 17.7 Å². The molecule has 0 aromatic heterocycles. The predicted octanol–water partition coefficient (Wildman–Crippen LogP) is 4.43. The average Bonchev–Trinajstić information content (AvgIpc) is 2.36. The molecule has 0 bridgehead atoms. The van der Waals surface area contributed by atoms with Gasteiger partial charge < -0.3 is 5.11 Å². The van der Waals surface area contributed by atoms with E-state index in [1.165, 1.54) is 6.92 Å². The summed E-state index contributed by atoms with van der Waals surface area (Å²) in [6.45, 7) is 3.35. The Balaban J connectivity index is 2.52. The summed E-state index contributed by atoms with van der Waals surface area (Å²) >= 11 is 3.31. The third-order valence-corrected chi connectivity index (χ3v) is 3.74. The zero-order valence-electron chi connectivity index (χ0n) is 10.5. The van der Waals surface area contributed by atoms with E-state index in [0.717, 1.165) is 17.7 Å². The number of aryl methyl sites for hydroxylation is 2. The quantitative estimate of drug-likeness (QED) is 0.865. The Morgan fingerprint density at radius 3 is 2.37 bits per heavy atom. The molecule has 1 nitrogen and oxygen atoms in total. The van der Waals surface area contributed by atoms with E-state index < -0.39 is 17.7 Å². The topological polar surface area (TPSA) is 20.2 Å². The van der Waals surface area contributed by atoms with E-state index in [9.17, 15) is 13.9 Å². The first kappa shape index (κ1) is 14.2. The number of hydrogen-bond acceptors (Lipinski definition) is 1. The third-order valence-electron chi connectivity index (χ3n) is 3.02. The van der Waals surface area contributed by atoms with Gasteiger partial charge in [-0.05, 0) is 43.2 Å². The Morgan fingerprint density at radius 2 is 1.68 bits per heavy atom. The van der Waals surface area contributed by atoms with Crippen LogP contribution in [0.5, 0.6) is 0 Å². The number of rotatable bonds is 2. The maximum Gasteiger partial charge on any atom is 0.129 e. The second kappa shape index (κ2) is 5.39. The number of hydrogen-bond donors (Lipinski definition) is 1. The van der Waals surface area contributed by atoms with Crippen LogP contribution in [0.15, 0.2) is 34.8 Å². The minimum atomic E-state index is -1.20. The van der Waals surface area contributed by atoms with Gasteiger partial charge in [-0.15, -0.1) is 0 Å². The fourth-order valence-electron chi connectivity index (χ4n) is 1.91. The molecule has 4 heteroatoms. The number of aliphatic hydroxyl groups excluding tert-OH is 1. The van der Waals surface area contributed by atoms with Crippen molar-refractivity contribution in [1.29, 1.82) is 0 Å². The van der Waals surface area contributed by atoms with Gasteiger partial charge in [-0.3, -0.25) is 0 Å². The van der Waals surface area contributed by atoms with E-state index >= 15 is 0 Å². The Labute approximate surface area is 119 Å². The van der Waals surface area contributed by atoms with Gasteiger partial charge in [-0.2, -0.15) is 0 Å². The lowest BCUT2D eigenvalue weighted by Gasteiger charge is -2.15. The van der Waals surface area contributed by atoms with Gasteiger partial charge in [0.2, 0.25) is 0 Å². The van der Waals surface area contributed by atoms with Crippen LogP contribution in [0.2, 0.25) is 0 Å². The molecule has 0 saturated heterocycles. The first-order valence-electron chi connectivity index (χ1n) is 5.80. The Hall–Kier alpha value is -1.26. The van der Waals surface area contributed by atoms with Crippen LogP contribution in [0.1, 0.15) is 28.4 Å². The van der Waals surface area contributed by atoms with Crippen LogP contribution in [-0.2, 0) is 0 Å². The molecule has 0 saturated carbocycles. The van der Waals surface area contributed by atoms with Crippen molar-refractivity contribution in [3.8, 4) is 0 Å². The van der Waals surface area contributed by atoms with Crippen LogP contribution < -0.4 is 0 Å². The number of aliphatic hydroxyl groups is 1. The minimum absolute atomic E-state index is 0.0607. The Kier molecular flexibility index (Phi) is 4.02. The highest BCUT2D eigenvalue weighted by molar-refractivity contribution is 9.10. The second-order valence-corrected chi connectivity index (χ2v) is 5.40. The summed E-state index contributed by atoms with van der Waals surface area (Å²) in [5.74, 6) is -1.14. The molecule has 0 fully saturated rings. The SMILES string of the molecule is Cc1ccc(Br)c(C(O)c2cc(F)c(C)cc2F)c1. The lowest BCUT2D eigenvalue weighted by atomic mass is 9.98. The van der Waals surface area contributed by atoms with E-state index in [1.54, 1.807) is 12.1 Å². The highest BCUT2D eigenvalue weighted by atomic mass is 79.9. The van der Waals surface area contributed by atoms with Crippen molar-refractivity contribution < 1.29 is 13.9 Å². The number of halogens is 3. The summed E-state index contributed by atoms with van der Waals surface area (Å²) in [5, 5.41) is 10.3. The van der Waals surface area contributed by atoms with E-state index in [0.29, 0.717) is 10.0 Å². The highest BCUT2D eigenvalue weighted by Crippen LogP contribution is 2.31. The van der Waals surface area contributed by atoms with Gasteiger partial charge in [-0.25, -0.2) is 8.78 Å². The lowest BCUT2D eigenvalue weighted by molar-refractivity contribution is 0.213. The molecule has 1 atom stereocenters. The molecule has 100 valence electrons. The Morgan fingerprint density at radius 1 is 1.00 bits per heavy atom. The van der Waals surface area contributed by atoms with Crippen molar-refractivity contribution in [1.82, 2.24) is 0 Å². The van der Waals surface area contributed by atoms with Crippen LogP contribution in [0.4, 0.5) is 8.78 Å². The van der Waals surface area contributed by atoms with Crippen LogP contribution >= 0.6 is 15.9 Å². The molecule has 2 rings (SSSR count). The summed E-state index contributed by atoms with van der Waals surface area (Å²) in [6, 6.07) is 7.52. The van der Waals surface area contributed by atoms with Crippen molar-refractivity contribution in [3.63, 3.8) is 0 Å². The van der Waals surface area contributed by atoms with E-state index in [2.05, 4.69) is 15.9 Å². The Bertz CT molecular complexity index is 626. The first-order valence-corrected chi connectivity index (χ1v) is 6.59. The van der Waals surface area contributed by atoms with Crippen molar-refractivity contribution in [2.24, 2.45) is 0 Å². The summed E-state index contributed by atoms with van der Waals surface area (Å²) in [4.78, 5) is 0. The summed E-state index contributed by atoms with van der Waals surface area (Å²) < 4.78 is 28.0. The monoisotopic (exact) mass is 326 g/mol. The summed E-state index contributed by atoms with van der Waals surface area (Å²) in [7, 11) is 0. The van der Waals surface area contributed by atoms with Gasteiger partial charge in [-0.1, -0.05) is 33.6 Å². The van der Waals surface area contributed by atoms with Crippen molar-refractivity contribution in [2.75, 3.05) is 0 Å². The number of benzene rings is 2. The van der Waals surface area contributed by atoms with Crippen molar-refractivity contribution >= 4 is 15.9 Å². The van der Waals surface area contributed by atoms with Gasteiger partial charge in [0, 0.05) is 10.0 Å². The minimum Gasteiger partial charge on any atom is -0.384 e. The van der Waals surface area contributed by atoms with Crippen LogP contribution in [0, 0.1) is 25.5 Å². The van der Waals surface area contributed by atoms with Crippen LogP contribution in [0.25, 0.3) is 0 Å². The smallest absolute Gasteiger partial charge is 0.129 e. The molecule has 2 aromatic rings. The lowest BCUT2D eigenvalue weighted by Crippen LogP contribution is -2.05. The molecule has 1 unspecified atom stereocenters. The van der Waals surface area contributed by atoms with Crippen LogP contribution in [0.3, 0.4) is 0 Å². The van der Waals surface area contributed by atoms with E-state index in [1.807, 2.05) is 13.0 Å². The zero-order chi connectivity index (χ0) is 14.2. The maximum atomic E-state index is 13.9. The molecule has 2 aromatic carbocycles. The molecule has 0 amide bonds. The third kappa shape index (κ3) is 2.85. The summed E-state index contributed by atoms with van der Waals surface area (Å²) in [6.07, 6.45) is -1.20. The van der Waals surface area contributed by atoms with Crippen molar-refractivity contribution in [3.05, 3.63) is 68.7 Å². The normalized spacial score (nSPS) is 12.5. The largest absolute Gasteiger partial charge is 0.384 e. The van der Waals surface area contributed by atoms with E-state index in [4.69, 9.17) is 0 Å². The molecular formula is C15H13BrF2O. The fraction of sp³-hybridized carbons (Fsp3) is 0.200. The second-order valence-electron chi connectivity index (χ2n) is 4.55. The fourth-order valence-corrected chi connectivity index (χ4v) is 2.37. The van der Waals surface area contributed by atoms with Gasteiger partial charge in [0.05, 0.1) is 0 Å². The van der Waals surface area contributed by atoms with Gasteiger partial charge >= 0.3 is 0 Å². The van der Waals surface area contributed by atoms with Crippen molar-refractivity contribution in [2.45, 2.75) is 20.0 Å². The highest BCUT2D eigenvalue weighted by Gasteiger charge is 2.19. The standard InChI is InChI=1S/C15H13BrF2O/c1-8-3-4-12(16)10(5-8)15(19)11-7-13(17)9(2)6-14(11)18/h3-7,15,19H,1-2H3. The van der Waals surface area contributed by atoms with Crippen LogP contribution in [-0.4, -0.2) is 5.11 Å². The molecule has 0 aliphatic heterocycles. The first-order chi connectivity index (χ1) is 8.90.